The zero-order valence-electron chi connectivity index (χ0n) is 26.8. The molecule has 2 aliphatic carbocycles. The Morgan fingerprint density at radius 2 is 1.79 bits per heavy atom. The normalized spacial score (nSPS) is 17.4. The number of hydrogen-bond acceptors (Lipinski definition) is 6. The first-order chi connectivity index (χ1) is 24.2. The van der Waals surface area contributed by atoms with Crippen molar-refractivity contribution in [3.8, 4) is 34.8 Å². The zero-order valence-corrected chi connectivity index (χ0v) is 26.8. The Labute approximate surface area is 289 Å². The molecule has 0 aliphatic heterocycles. The Balaban J connectivity index is 1.47. The number of nitrogens with two attached hydrogens (primary N) is 1. The van der Waals surface area contributed by atoms with Crippen molar-refractivity contribution in [2.24, 2.45) is 11.7 Å². The minimum absolute atomic E-state index is 0.00178. The van der Waals surface area contributed by atoms with E-state index in [-0.39, 0.29) is 32.9 Å². The summed E-state index contributed by atoms with van der Waals surface area (Å²) in [5.74, 6) is -3.11. The van der Waals surface area contributed by atoms with Crippen molar-refractivity contribution >= 4 is 11.8 Å². The highest BCUT2D eigenvalue weighted by atomic mass is 19.4. The van der Waals surface area contributed by atoms with E-state index in [2.05, 4.69) is 44.1 Å². The first kappa shape index (κ1) is 36.0. The zero-order chi connectivity index (χ0) is 37.9. The summed E-state index contributed by atoms with van der Waals surface area (Å²) in [6, 6.07) is 4.12. The number of benzene rings is 2. The molecule has 6 rings (SSSR count). The summed E-state index contributed by atoms with van der Waals surface area (Å²) in [6.45, 7) is 1.55. The highest BCUT2D eigenvalue weighted by Gasteiger charge is 2.62. The van der Waals surface area contributed by atoms with Crippen molar-refractivity contribution in [2.75, 3.05) is 0 Å². The number of primary amides is 1. The molecule has 2 heterocycles. The summed E-state index contributed by atoms with van der Waals surface area (Å²) in [7, 11) is 0. The maximum absolute atomic E-state index is 15.4. The highest BCUT2D eigenvalue weighted by Crippen LogP contribution is 2.58. The lowest BCUT2D eigenvalue weighted by Gasteiger charge is -2.24. The highest BCUT2D eigenvalue weighted by molar-refractivity contribution is 5.94. The molecule has 2 aromatic heterocycles. The van der Waals surface area contributed by atoms with Gasteiger partial charge in [-0.25, -0.2) is 23.1 Å². The van der Waals surface area contributed by atoms with E-state index < -0.39 is 100 Å². The molecule has 4 aromatic rings. The standard InChI is InChI=1S/C35H24F8N6O3/c1-33(2,52)8-7-26-45-14-22(17-3-6-24(38)21(12-17)32(44)51)29(47-26)25(11-16-9-18(36)13-19(37)10-16)46-27(50)15-49-31-28(30(48-49)35(41,42)43)20-4-5-23(20)34(31,39)40/h3,6,9-10,12-14,20,23,25,52H,11,15H2,1-2H3,(H2,44,51)(H,46,50)/t20-,23+,25-/m0/s1. The number of alkyl halides is 5. The van der Waals surface area contributed by atoms with E-state index in [1.54, 1.807) is 0 Å². The van der Waals surface area contributed by atoms with Crippen LogP contribution in [0.3, 0.4) is 0 Å². The maximum atomic E-state index is 15.4. The van der Waals surface area contributed by atoms with E-state index >= 15 is 8.78 Å². The third-order valence-electron chi connectivity index (χ3n) is 8.16. The van der Waals surface area contributed by atoms with Crippen molar-refractivity contribution in [1.82, 2.24) is 25.1 Å². The summed E-state index contributed by atoms with van der Waals surface area (Å²) < 4.78 is 116. The summed E-state index contributed by atoms with van der Waals surface area (Å²) in [5, 5.41) is 15.9. The number of nitrogens with one attached hydrogen (secondary N) is 1. The van der Waals surface area contributed by atoms with E-state index in [0.29, 0.717) is 6.07 Å². The molecule has 2 amide bonds. The monoisotopic (exact) mass is 728 g/mol. The van der Waals surface area contributed by atoms with Gasteiger partial charge in [-0.1, -0.05) is 23.8 Å². The van der Waals surface area contributed by atoms with Gasteiger partial charge in [-0.05, 0) is 61.6 Å². The van der Waals surface area contributed by atoms with Gasteiger partial charge in [-0.15, -0.1) is 0 Å². The molecule has 3 atom stereocenters. The Kier molecular flexibility index (Phi) is 8.83. The molecule has 268 valence electrons. The summed E-state index contributed by atoms with van der Waals surface area (Å²) in [5.41, 5.74) is -0.507. The molecular formula is C35H24F8N6O3. The van der Waals surface area contributed by atoms with E-state index in [1.807, 2.05) is 0 Å². The molecule has 0 unspecified atom stereocenters. The minimum Gasteiger partial charge on any atom is -0.378 e. The fourth-order valence-corrected chi connectivity index (χ4v) is 5.97. The molecule has 2 aliphatic rings. The number of aromatic nitrogens is 4. The van der Waals surface area contributed by atoms with Crippen LogP contribution in [0.4, 0.5) is 35.1 Å². The molecular weight excluding hydrogens is 704 g/mol. The van der Waals surface area contributed by atoms with Crippen LogP contribution in [0.15, 0.2) is 42.6 Å². The van der Waals surface area contributed by atoms with Crippen LogP contribution in [0, 0.1) is 47.1 Å². The van der Waals surface area contributed by atoms with Crippen LogP contribution in [0.1, 0.15) is 70.2 Å². The first-order valence-electron chi connectivity index (χ1n) is 15.3. The lowest BCUT2D eigenvalue weighted by molar-refractivity contribution is -0.142. The summed E-state index contributed by atoms with van der Waals surface area (Å²) in [6.07, 6.45) is -4.47. The molecule has 17 heteroatoms. The quantitative estimate of drug-likeness (QED) is 0.174. The third kappa shape index (κ3) is 6.91. The van der Waals surface area contributed by atoms with Crippen LogP contribution in [0.25, 0.3) is 11.1 Å². The maximum Gasteiger partial charge on any atom is 0.435 e. The number of fused-ring (bicyclic) bond motifs is 3. The number of rotatable bonds is 8. The number of amides is 2. The van der Waals surface area contributed by atoms with Crippen LogP contribution in [0.5, 0.6) is 0 Å². The van der Waals surface area contributed by atoms with Crippen LogP contribution in [-0.4, -0.2) is 42.3 Å². The van der Waals surface area contributed by atoms with Gasteiger partial charge in [0.25, 0.3) is 5.91 Å². The van der Waals surface area contributed by atoms with Gasteiger partial charge in [0.15, 0.2) is 5.69 Å². The van der Waals surface area contributed by atoms with Crippen LogP contribution >= 0.6 is 0 Å². The topological polar surface area (TPSA) is 136 Å². The fraction of sp³-hybridized carbons (Fsp3) is 0.286. The molecule has 0 saturated carbocycles. The van der Waals surface area contributed by atoms with Crippen LogP contribution < -0.4 is 11.1 Å². The second-order valence-electron chi connectivity index (χ2n) is 12.6. The smallest absolute Gasteiger partial charge is 0.378 e. The predicted molar refractivity (Wildman–Crippen MR) is 165 cm³/mol. The summed E-state index contributed by atoms with van der Waals surface area (Å²) in [4.78, 5) is 34.1. The SMILES string of the molecule is CC(C)(O)C#Cc1ncc(-c2ccc(F)c(C(N)=O)c2)c([C@H](Cc2cc(F)cc(F)c2)NC(=O)Cn2nc(C(F)(F)F)c3c2C(F)(F)[C@@H]2C#C[C@H]32)n1. The molecule has 9 nitrogen and oxygen atoms in total. The lowest BCUT2D eigenvalue weighted by Crippen LogP contribution is -2.36. The number of hydrogen-bond donors (Lipinski definition) is 3. The van der Waals surface area contributed by atoms with Crippen molar-refractivity contribution < 1.29 is 49.8 Å². The molecule has 4 N–H and O–H groups in total. The Hall–Kier alpha value is -5.81. The molecule has 0 bridgehead atoms. The predicted octanol–water partition coefficient (Wildman–Crippen LogP) is 4.92. The van der Waals surface area contributed by atoms with Gasteiger partial charge in [0.1, 0.15) is 41.2 Å². The van der Waals surface area contributed by atoms with Gasteiger partial charge in [-0.3, -0.25) is 14.3 Å². The minimum atomic E-state index is -5.16. The van der Waals surface area contributed by atoms with E-state index in [1.165, 1.54) is 19.9 Å². The largest absolute Gasteiger partial charge is 0.435 e. The van der Waals surface area contributed by atoms with Gasteiger partial charge in [0.05, 0.1) is 23.2 Å². The van der Waals surface area contributed by atoms with Crippen molar-refractivity contribution in [1.29, 1.82) is 0 Å². The van der Waals surface area contributed by atoms with Gasteiger partial charge in [0.2, 0.25) is 11.7 Å². The van der Waals surface area contributed by atoms with Gasteiger partial charge in [0, 0.05) is 23.4 Å². The number of nitrogens with zero attached hydrogens (tertiary/aromatic N) is 4. The molecule has 0 fully saturated rings. The van der Waals surface area contributed by atoms with Crippen molar-refractivity contribution in [3.63, 3.8) is 0 Å². The lowest BCUT2D eigenvalue weighted by atomic mass is 9.84. The second kappa shape index (κ2) is 12.8. The number of carbonyl (C=O) groups excluding carboxylic acids is 2. The number of aliphatic hydroxyl groups is 1. The number of carbonyl (C=O) groups is 2. The van der Waals surface area contributed by atoms with E-state index in [9.17, 15) is 41.0 Å². The van der Waals surface area contributed by atoms with Gasteiger partial charge < -0.3 is 16.2 Å². The second-order valence-corrected chi connectivity index (χ2v) is 12.6. The molecule has 0 radical (unpaired) electrons. The molecule has 2 aromatic carbocycles. The third-order valence-corrected chi connectivity index (χ3v) is 8.16. The van der Waals surface area contributed by atoms with Crippen LogP contribution in [0.2, 0.25) is 0 Å². The molecule has 0 saturated heterocycles. The van der Waals surface area contributed by atoms with Gasteiger partial charge >= 0.3 is 12.1 Å². The van der Waals surface area contributed by atoms with Crippen molar-refractivity contribution in [3.05, 3.63) is 99.6 Å². The summed E-state index contributed by atoms with van der Waals surface area (Å²) >= 11 is 0. The van der Waals surface area contributed by atoms with E-state index in [4.69, 9.17) is 5.73 Å². The van der Waals surface area contributed by atoms with Gasteiger partial charge in [-0.2, -0.15) is 27.1 Å². The Morgan fingerprint density at radius 1 is 1.10 bits per heavy atom. The average Bonchev–Trinajstić information content (AvgIpc) is 3.44. The fourth-order valence-electron chi connectivity index (χ4n) is 5.97. The Morgan fingerprint density at radius 3 is 2.38 bits per heavy atom. The molecule has 52 heavy (non-hydrogen) atoms. The van der Waals surface area contributed by atoms with Crippen LogP contribution in [-0.2, 0) is 29.9 Å². The average molecular weight is 729 g/mol. The molecule has 0 spiro atoms. The first-order valence-corrected chi connectivity index (χ1v) is 15.3. The Bertz CT molecular complexity index is 2250. The number of halogens is 8. The van der Waals surface area contributed by atoms with Crippen molar-refractivity contribution in [2.45, 2.75) is 56.5 Å². The van der Waals surface area contributed by atoms with E-state index in [0.717, 1.165) is 30.5 Å².